The van der Waals surface area contributed by atoms with Gasteiger partial charge in [0.15, 0.2) is 0 Å². The molecule has 0 spiro atoms. The summed E-state index contributed by atoms with van der Waals surface area (Å²) in [6.07, 6.45) is 8.82. The number of benzene rings is 2. The Labute approximate surface area is 304 Å². The van der Waals surface area contributed by atoms with E-state index < -0.39 is 12.1 Å². The Kier molecular flexibility index (Phi) is 10.7. The number of imidazole rings is 2. The van der Waals surface area contributed by atoms with Crippen LogP contribution in [-0.2, 0) is 19.1 Å². The number of H-pyrrole nitrogens is 2. The average Bonchev–Trinajstić information content (AvgIpc) is 3.99. The van der Waals surface area contributed by atoms with Gasteiger partial charge in [0.25, 0.3) is 0 Å². The first kappa shape index (κ1) is 35.4. The molecule has 12 heteroatoms. The molecule has 0 bridgehead atoms. The van der Waals surface area contributed by atoms with Crippen molar-refractivity contribution in [3.63, 3.8) is 0 Å². The highest BCUT2D eigenvalue weighted by molar-refractivity contribution is 5.86. The number of ether oxygens (including phenoxy) is 2. The van der Waals surface area contributed by atoms with Gasteiger partial charge < -0.3 is 34.6 Å². The van der Waals surface area contributed by atoms with Crippen molar-refractivity contribution < 1.29 is 23.9 Å². The number of nitrogens with zero attached hydrogens (tertiary/aromatic N) is 4. The maximum atomic E-state index is 13.5. The van der Waals surface area contributed by atoms with E-state index in [1.165, 1.54) is 7.11 Å². The number of aromatic amines is 2. The van der Waals surface area contributed by atoms with Crippen LogP contribution in [0.4, 0.5) is 4.79 Å². The predicted molar refractivity (Wildman–Crippen MR) is 197 cm³/mol. The number of carbonyl (C=O) groups is 3. The zero-order valence-electron chi connectivity index (χ0n) is 30.3. The molecule has 3 N–H and O–H groups in total. The van der Waals surface area contributed by atoms with Gasteiger partial charge in [-0.2, -0.15) is 0 Å². The summed E-state index contributed by atoms with van der Waals surface area (Å²) in [5, 5.41) is 2.70. The number of morpholine rings is 1. The molecule has 1 saturated carbocycles. The molecule has 4 aromatic rings. The largest absolute Gasteiger partial charge is 0.453 e. The van der Waals surface area contributed by atoms with Gasteiger partial charge in [-0.05, 0) is 53.9 Å². The molecule has 2 saturated heterocycles. The molecule has 2 unspecified atom stereocenters. The SMILES string of the molecule is COC(=O)N[C@H](C(=O)N1CCC[C@H]1c1ncc(-c2ccc(-c3ccc(-c4cnc(C5CCCCC5C(=O)N5CCOCC5)[nH]4)cc3)cc2)[nH]1)C(C)C. The van der Waals surface area contributed by atoms with Gasteiger partial charge in [0.1, 0.15) is 17.7 Å². The normalized spacial score (nSPS) is 21.3. The van der Waals surface area contributed by atoms with Crippen LogP contribution in [0.2, 0.25) is 0 Å². The van der Waals surface area contributed by atoms with Crippen LogP contribution in [0.5, 0.6) is 0 Å². The van der Waals surface area contributed by atoms with Crippen LogP contribution in [0.15, 0.2) is 60.9 Å². The summed E-state index contributed by atoms with van der Waals surface area (Å²) in [7, 11) is 1.30. The van der Waals surface area contributed by atoms with Crippen molar-refractivity contribution in [2.75, 3.05) is 40.0 Å². The second-order valence-electron chi connectivity index (χ2n) is 14.5. The molecule has 0 radical (unpaired) electrons. The monoisotopic (exact) mass is 707 g/mol. The Hall–Kier alpha value is -4.97. The molecule has 3 amide bonds. The Bertz CT molecular complexity index is 1840. The van der Waals surface area contributed by atoms with E-state index >= 15 is 0 Å². The number of likely N-dealkylation sites (tertiary alicyclic amines) is 1. The number of alkyl carbamates (subject to hydrolysis) is 1. The molecule has 274 valence electrons. The van der Waals surface area contributed by atoms with Crippen LogP contribution in [0.1, 0.15) is 76.0 Å². The minimum atomic E-state index is -0.673. The smallest absolute Gasteiger partial charge is 0.407 e. The summed E-state index contributed by atoms with van der Waals surface area (Å²) >= 11 is 0. The first-order chi connectivity index (χ1) is 25.3. The summed E-state index contributed by atoms with van der Waals surface area (Å²) in [6.45, 7) is 7.00. The van der Waals surface area contributed by atoms with Crippen LogP contribution < -0.4 is 5.32 Å². The van der Waals surface area contributed by atoms with Gasteiger partial charge in [0.2, 0.25) is 11.8 Å². The molecule has 52 heavy (non-hydrogen) atoms. The van der Waals surface area contributed by atoms with E-state index in [9.17, 15) is 14.4 Å². The third-order valence-corrected chi connectivity index (χ3v) is 10.9. The molecule has 4 atom stereocenters. The molecule has 12 nitrogen and oxygen atoms in total. The number of aromatic nitrogens is 4. The van der Waals surface area contributed by atoms with E-state index in [-0.39, 0.29) is 35.6 Å². The van der Waals surface area contributed by atoms with E-state index in [2.05, 4.69) is 68.8 Å². The third-order valence-electron chi connectivity index (χ3n) is 10.9. The second kappa shape index (κ2) is 15.7. The Morgan fingerprint density at radius 1 is 0.788 bits per heavy atom. The molecule has 2 aromatic heterocycles. The number of amides is 3. The number of nitrogens with one attached hydrogen (secondary N) is 3. The Morgan fingerprint density at radius 3 is 1.98 bits per heavy atom. The van der Waals surface area contributed by atoms with Crippen LogP contribution in [0, 0.1) is 11.8 Å². The van der Waals surface area contributed by atoms with Gasteiger partial charge >= 0.3 is 6.09 Å². The topological polar surface area (TPSA) is 146 Å². The fourth-order valence-electron chi connectivity index (χ4n) is 7.97. The lowest BCUT2D eigenvalue weighted by Gasteiger charge is -2.35. The van der Waals surface area contributed by atoms with Crippen molar-refractivity contribution >= 4 is 17.9 Å². The first-order valence-corrected chi connectivity index (χ1v) is 18.6. The van der Waals surface area contributed by atoms with Crippen molar-refractivity contribution in [3.05, 3.63) is 72.6 Å². The van der Waals surface area contributed by atoms with E-state index in [1.807, 2.05) is 36.0 Å². The van der Waals surface area contributed by atoms with E-state index in [1.54, 1.807) is 0 Å². The van der Waals surface area contributed by atoms with Crippen LogP contribution in [0.25, 0.3) is 33.6 Å². The van der Waals surface area contributed by atoms with Crippen molar-refractivity contribution in [2.24, 2.45) is 11.8 Å². The van der Waals surface area contributed by atoms with Crippen molar-refractivity contribution in [2.45, 2.75) is 70.4 Å². The second-order valence-corrected chi connectivity index (χ2v) is 14.5. The molecular formula is C40H49N7O5. The van der Waals surface area contributed by atoms with Crippen molar-refractivity contribution in [1.29, 1.82) is 0 Å². The predicted octanol–water partition coefficient (Wildman–Crippen LogP) is 6.31. The van der Waals surface area contributed by atoms with E-state index in [0.717, 1.165) is 83.8 Å². The molecule has 4 heterocycles. The van der Waals surface area contributed by atoms with Crippen LogP contribution in [0.3, 0.4) is 0 Å². The molecule has 7 rings (SSSR count). The minimum absolute atomic E-state index is 0.0366. The van der Waals surface area contributed by atoms with Gasteiger partial charge in [0, 0.05) is 31.5 Å². The van der Waals surface area contributed by atoms with Gasteiger partial charge in [-0.1, -0.05) is 75.2 Å². The van der Waals surface area contributed by atoms with Gasteiger partial charge in [-0.3, -0.25) is 9.59 Å². The summed E-state index contributed by atoms with van der Waals surface area (Å²) in [5.41, 5.74) is 6.08. The molecule has 2 aliphatic heterocycles. The van der Waals surface area contributed by atoms with Gasteiger partial charge in [0.05, 0.1) is 50.1 Å². The average molecular weight is 708 g/mol. The first-order valence-electron chi connectivity index (χ1n) is 18.6. The molecule has 3 fully saturated rings. The van der Waals surface area contributed by atoms with Gasteiger partial charge in [-0.15, -0.1) is 0 Å². The number of carbonyl (C=O) groups excluding carboxylic acids is 3. The highest BCUT2D eigenvalue weighted by Gasteiger charge is 2.38. The number of rotatable bonds is 9. The van der Waals surface area contributed by atoms with E-state index in [4.69, 9.17) is 14.5 Å². The van der Waals surface area contributed by atoms with Crippen molar-refractivity contribution in [3.8, 4) is 33.6 Å². The summed E-state index contributed by atoms with van der Waals surface area (Å²) in [4.78, 5) is 59.2. The fraction of sp³-hybridized carbons (Fsp3) is 0.475. The van der Waals surface area contributed by atoms with Crippen LogP contribution in [-0.4, -0.2) is 93.6 Å². The minimum Gasteiger partial charge on any atom is -0.453 e. The lowest BCUT2D eigenvalue weighted by molar-refractivity contribution is -0.141. The van der Waals surface area contributed by atoms with Crippen LogP contribution >= 0.6 is 0 Å². The molecule has 1 aliphatic carbocycles. The standard InChI is InChI=1S/C40H49N7O5/c1-25(2)35(45-40(50)51-3)39(49)47-18-6-9-34(47)37-42-24-33(44-37)29-16-12-27(13-17-29)26-10-14-28(15-11-26)32-23-41-36(43-32)30-7-4-5-8-31(30)38(48)46-19-21-52-22-20-46/h10-17,23-25,30-31,34-35H,4-9,18-22H2,1-3H3,(H,41,43)(H,42,44)(H,45,50)/t30?,31?,34-,35-/m0/s1. The highest BCUT2D eigenvalue weighted by atomic mass is 16.5. The summed E-state index contributed by atoms with van der Waals surface area (Å²) in [5.74, 6) is 1.74. The number of hydrogen-bond acceptors (Lipinski definition) is 7. The Balaban J connectivity index is 1.00. The lowest BCUT2D eigenvalue weighted by atomic mass is 9.78. The summed E-state index contributed by atoms with van der Waals surface area (Å²) < 4.78 is 10.2. The highest BCUT2D eigenvalue weighted by Crippen LogP contribution is 2.39. The summed E-state index contributed by atoms with van der Waals surface area (Å²) in [6, 6.07) is 16.0. The number of hydrogen-bond donors (Lipinski definition) is 3. The lowest BCUT2D eigenvalue weighted by Crippen LogP contribution is -2.51. The zero-order valence-corrected chi connectivity index (χ0v) is 30.3. The fourth-order valence-corrected chi connectivity index (χ4v) is 7.97. The van der Waals surface area contributed by atoms with Crippen molar-refractivity contribution in [1.82, 2.24) is 35.1 Å². The van der Waals surface area contributed by atoms with Gasteiger partial charge in [-0.25, -0.2) is 14.8 Å². The maximum absolute atomic E-state index is 13.5. The Morgan fingerprint density at radius 2 is 1.37 bits per heavy atom. The number of methoxy groups -OCH3 is 1. The molecule has 3 aliphatic rings. The zero-order chi connectivity index (χ0) is 36.2. The quantitative estimate of drug-likeness (QED) is 0.185. The molecule has 2 aromatic carbocycles. The molecular weight excluding hydrogens is 658 g/mol. The third kappa shape index (κ3) is 7.48. The van der Waals surface area contributed by atoms with E-state index in [0.29, 0.717) is 32.8 Å². The maximum Gasteiger partial charge on any atom is 0.407 e.